The summed E-state index contributed by atoms with van der Waals surface area (Å²) in [5.41, 5.74) is 3.67. The smallest absolute Gasteiger partial charge is 0.266 e. The number of rotatable bonds is 6. The third-order valence-corrected chi connectivity index (χ3v) is 6.55. The number of halogens is 2. The second-order valence-electron chi connectivity index (χ2n) is 7.36. The summed E-state index contributed by atoms with van der Waals surface area (Å²) in [6, 6.07) is 19.5. The normalized spacial score (nSPS) is 15.0. The molecule has 7 heteroatoms. The van der Waals surface area contributed by atoms with E-state index in [9.17, 15) is 9.18 Å². The lowest BCUT2D eigenvalue weighted by Gasteiger charge is -2.14. The van der Waals surface area contributed by atoms with Crippen LogP contribution in [0.25, 0.3) is 6.08 Å². The van der Waals surface area contributed by atoms with Crippen LogP contribution in [0.1, 0.15) is 22.3 Å². The van der Waals surface area contributed by atoms with Crippen LogP contribution in [0, 0.1) is 12.7 Å². The summed E-state index contributed by atoms with van der Waals surface area (Å²) in [4.78, 5) is 15.0. The monoisotopic (exact) mass is 483 g/mol. The van der Waals surface area contributed by atoms with Gasteiger partial charge in [0.2, 0.25) is 0 Å². The minimum atomic E-state index is -0.313. The first-order valence-electron chi connectivity index (χ1n) is 9.87. The van der Waals surface area contributed by atoms with Gasteiger partial charge >= 0.3 is 0 Å². The van der Waals surface area contributed by atoms with E-state index in [2.05, 4.69) is 0 Å². The molecule has 1 saturated heterocycles. The van der Waals surface area contributed by atoms with Crippen LogP contribution in [0.5, 0.6) is 5.75 Å². The molecule has 1 aliphatic heterocycles. The van der Waals surface area contributed by atoms with Crippen LogP contribution >= 0.6 is 35.6 Å². The highest BCUT2D eigenvalue weighted by Crippen LogP contribution is 2.35. The Hall–Kier alpha value is -2.67. The van der Waals surface area contributed by atoms with Gasteiger partial charge in [-0.3, -0.25) is 9.69 Å². The fourth-order valence-electron chi connectivity index (χ4n) is 3.18. The van der Waals surface area contributed by atoms with Gasteiger partial charge < -0.3 is 4.74 Å². The van der Waals surface area contributed by atoms with Crippen LogP contribution in [-0.2, 0) is 17.9 Å². The lowest BCUT2D eigenvalue weighted by molar-refractivity contribution is -0.122. The first-order valence-corrected chi connectivity index (χ1v) is 11.5. The lowest BCUT2D eigenvalue weighted by atomic mass is 10.1. The first-order chi connectivity index (χ1) is 15.4. The first kappa shape index (κ1) is 22.5. The van der Waals surface area contributed by atoms with E-state index in [-0.39, 0.29) is 18.3 Å². The molecular formula is C25H19ClFNO2S2. The van der Waals surface area contributed by atoms with Crippen molar-refractivity contribution in [2.24, 2.45) is 0 Å². The van der Waals surface area contributed by atoms with E-state index in [1.54, 1.807) is 35.2 Å². The molecule has 0 N–H and O–H groups in total. The maximum absolute atomic E-state index is 13.3. The molecule has 0 aromatic heterocycles. The van der Waals surface area contributed by atoms with Gasteiger partial charge in [0.25, 0.3) is 5.91 Å². The average Bonchev–Trinajstić information content (AvgIpc) is 3.02. The number of carbonyl (C=O) groups excluding carboxylic acids is 1. The van der Waals surface area contributed by atoms with E-state index in [1.807, 2.05) is 37.3 Å². The van der Waals surface area contributed by atoms with Gasteiger partial charge in [0.1, 0.15) is 22.5 Å². The van der Waals surface area contributed by atoms with Crippen LogP contribution in [0.4, 0.5) is 4.39 Å². The van der Waals surface area contributed by atoms with Gasteiger partial charge in [0, 0.05) is 0 Å². The van der Waals surface area contributed by atoms with Crippen molar-refractivity contribution in [1.29, 1.82) is 0 Å². The Balaban J connectivity index is 1.45. The number of hydrogen-bond acceptors (Lipinski definition) is 4. The summed E-state index contributed by atoms with van der Waals surface area (Å²) in [5, 5.41) is 0.408. The Labute approximate surface area is 200 Å². The highest BCUT2D eigenvalue weighted by atomic mass is 35.5. The van der Waals surface area contributed by atoms with Crippen molar-refractivity contribution in [3.05, 3.63) is 105 Å². The van der Waals surface area contributed by atoms with Crippen molar-refractivity contribution in [2.75, 3.05) is 0 Å². The largest absolute Gasteiger partial charge is 0.487 e. The predicted molar refractivity (Wildman–Crippen MR) is 132 cm³/mol. The summed E-state index contributed by atoms with van der Waals surface area (Å²) >= 11 is 13.1. The fraction of sp³-hybridized carbons (Fsp3) is 0.120. The zero-order valence-electron chi connectivity index (χ0n) is 17.2. The Kier molecular flexibility index (Phi) is 6.94. The van der Waals surface area contributed by atoms with Gasteiger partial charge in [-0.15, -0.1) is 0 Å². The summed E-state index contributed by atoms with van der Waals surface area (Å²) in [7, 11) is 0. The molecule has 0 spiro atoms. The van der Waals surface area contributed by atoms with Crippen molar-refractivity contribution >= 4 is 51.9 Å². The second-order valence-corrected chi connectivity index (χ2v) is 9.44. The molecule has 0 radical (unpaired) electrons. The number of thiocarbonyl (C=S) groups is 1. The van der Waals surface area contributed by atoms with Crippen LogP contribution in [0.2, 0.25) is 5.02 Å². The molecule has 3 nitrogen and oxygen atoms in total. The highest BCUT2D eigenvalue weighted by molar-refractivity contribution is 8.26. The number of hydrogen-bond donors (Lipinski definition) is 0. The lowest BCUT2D eigenvalue weighted by Crippen LogP contribution is -2.27. The summed E-state index contributed by atoms with van der Waals surface area (Å²) in [5.74, 6) is 0.0513. The number of benzene rings is 3. The van der Waals surface area contributed by atoms with E-state index in [0.29, 0.717) is 32.1 Å². The molecule has 3 aromatic carbocycles. The van der Waals surface area contributed by atoms with E-state index in [0.717, 1.165) is 11.1 Å². The summed E-state index contributed by atoms with van der Waals surface area (Å²) < 4.78 is 19.6. The molecule has 0 atom stereocenters. The van der Waals surface area contributed by atoms with Crippen molar-refractivity contribution in [2.45, 2.75) is 20.1 Å². The van der Waals surface area contributed by atoms with Crippen molar-refractivity contribution in [1.82, 2.24) is 4.90 Å². The minimum absolute atomic E-state index is 0.122. The molecule has 1 fully saturated rings. The van der Waals surface area contributed by atoms with Gasteiger partial charge in [-0.05, 0) is 54.0 Å². The van der Waals surface area contributed by atoms with Crippen LogP contribution < -0.4 is 4.74 Å². The third-order valence-electron chi connectivity index (χ3n) is 4.87. The Morgan fingerprint density at radius 3 is 2.59 bits per heavy atom. The molecule has 0 aliphatic carbocycles. The molecule has 1 amide bonds. The molecule has 0 saturated carbocycles. The standard InChI is InChI=1S/C25H19ClFNO2S2/c1-16-5-7-17(8-6-16)14-28-24(29)23(32-25(28)31)13-18-9-10-22(21(26)12-18)30-15-19-3-2-4-20(27)11-19/h2-13H,14-15H2,1H3. The molecule has 4 rings (SSSR count). The van der Waals surface area contributed by atoms with E-state index >= 15 is 0 Å². The third kappa shape index (κ3) is 5.38. The molecule has 1 heterocycles. The molecule has 32 heavy (non-hydrogen) atoms. The van der Waals surface area contributed by atoms with Crippen molar-refractivity contribution in [3.63, 3.8) is 0 Å². The SMILES string of the molecule is Cc1ccc(CN2C(=O)C(=Cc3ccc(OCc4cccc(F)c4)c(Cl)c3)SC2=S)cc1. The maximum atomic E-state index is 13.3. The molecule has 3 aromatic rings. The van der Waals surface area contributed by atoms with Crippen molar-refractivity contribution in [3.8, 4) is 5.75 Å². The van der Waals surface area contributed by atoms with Gasteiger partial charge in [-0.1, -0.05) is 83.6 Å². The average molecular weight is 484 g/mol. The predicted octanol–water partition coefficient (Wildman–Crippen LogP) is 6.77. The maximum Gasteiger partial charge on any atom is 0.266 e. The molecule has 0 unspecified atom stereocenters. The van der Waals surface area contributed by atoms with Crippen LogP contribution in [0.15, 0.2) is 71.6 Å². The minimum Gasteiger partial charge on any atom is -0.487 e. The van der Waals surface area contributed by atoms with E-state index < -0.39 is 0 Å². The summed E-state index contributed by atoms with van der Waals surface area (Å²) in [6.07, 6.45) is 1.77. The zero-order valence-corrected chi connectivity index (χ0v) is 19.6. The number of thioether (sulfide) groups is 1. The van der Waals surface area contributed by atoms with Gasteiger partial charge in [0.15, 0.2) is 0 Å². The quantitative estimate of drug-likeness (QED) is 0.286. The number of aryl methyl sites for hydroxylation is 1. The zero-order chi connectivity index (χ0) is 22.7. The number of ether oxygens (including phenoxy) is 1. The number of amides is 1. The Morgan fingerprint density at radius 2 is 1.88 bits per heavy atom. The van der Waals surface area contributed by atoms with Crippen LogP contribution in [0.3, 0.4) is 0 Å². The van der Waals surface area contributed by atoms with Crippen LogP contribution in [-0.4, -0.2) is 15.1 Å². The Bertz CT molecular complexity index is 1210. The topological polar surface area (TPSA) is 29.5 Å². The molecular weight excluding hydrogens is 465 g/mol. The highest BCUT2D eigenvalue weighted by Gasteiger charge is 2.32. The second kappa shape index (κ2) is 9.86. The van der Waals surface area contributed by atoms with Gasteiger partial charge in [-0.2, -0.15) is 0 Å². The van der Waals surface area contributed by atoms with Gasteiger partial charge in [-0.25, -0.2) is 4.39 Å². The molecule has 0 bridgehead atoms. The molecule has 162 valence electrons. The Morgan fingerprint density at radius 1 is 1.09 bits per heavy atom. The number of carbonyl (C=O) groups is 1. The fourth-order valence-corrected chi connectivity index (χ4v) is 4.67. The molecule has 1 aliphatic rings. The summed E-state index contributed by atoms with van der Waals surface area (Å²) in [6.45, 7) is 2.67. The van der Waals surface area contributed by atoms with Gasteiger partial charge in [0.05, 0.1) is 16.5 Å². The van der Waals surface area contributed by atoms with Crippen molar-refractivity contribution < 1.29 is 13.9 Å². The van der Waals surface area contributed by atoms with E-state index in [4.69, 9.17) is 28.6 Å². The van der Waals surface area contributed by atoms with E-state index in [1.165, 1.54) is 29.5 Å². The number of nitrogens with zero attached hydrogens (tertiary/aromatic N) is 1.